The van der Waals surface area contributed by atoms with Crippen LogP contribution in [0.2, 0.25) is 20.1 Å². The molecule has 1 nitrogen and oxygen atoms in total. The molecule has 0 saturated carbocycles. The summed E-state index contributed by atoms with van der Waals surface area (Å²) in [5.41, 5.74) is 2.67. The van der Waals surface area contributed by atoms with Crippen LogP contribution in [-0.4, -0.2) is 5.78 Å². The normalized spacial score (nSPS) is 10.7. The molecule has 0 amide bonds. The monoisotopic (exact) mass is 346 g/mol. The van der Waals surface area contributed by atoms with Gasteiger partial charge in [-0.1, -0.05) is 63.6 Å². The SMILES string of the molecule is Cc1cc(C)cc(C(=O)c2c(Cl)cc(Cl)c(Cl)c2Cl)c1. The van der Waals surface area contributed by atoms with E-state index in [2.05, 4.69) is 0 Å². The van der Waals surface area contributed by atoms with Gasteiger partial charge < -0.3 is 0 Å². The van der Waals surface area contributed by atoms with Crippen molar-refractivity contribution in [3.63, 3.8) is 0 Å². The Morgan fingerprint density at radius 3 is 1.90 bits per heavy atom. The van der Waals surface area contributed by atoms with E-state index in [1.165, 1.54) is 6.07 Å². The van der Waals surface area contributed by atoms with E-state index in [9.17, 15) is 4.79 Å². The van der Waals surface area contributed by atoms with Crippen molar-refractivity contribution in [1.29, 1.82) is 0 Å². The first-order valence-corrected chi connectivity index (χ1v) is 7.28. The van der Waals surface area contributed by atoms with Gasteiger partial charge in [-0.15, -0.1) is 0 Å². The summed E-state index contributed by atoms with van der Waals surface area (Å²) in [4.78, 5) is 12.6. The van der Waals surface area contributed by atoms with E-state index in [1.54, 1.807) is 12.1 Å². The molecule has 2 rings (SSSR count). The molecule has 0 aromatic heterocycles. The number of carbonyl (C=O) groups is 1. The van der Waals surface area contributed by atoms with Gasteiger partial charge in [-0.2, -0.15) is 0 Å². The first kappa shape index (κ1) is 15.7. The summed E-state index contributed by atoms with van der Waals surface area (Å²) >= 11 is 24.0. The van der Waals surface area contributed by atoms with E-state index < -0.39 is 0 Å². The highest BCUT2D eigenvalue weighted by atomic mass is 35.5. The average molecular weight is 348 g/mol. The fourth-order valence-corrected chi connectivity index (χ4v) is 3.11. The lowest BCUT2D eigenvalue weighted by molar-refractivity contribution is 0.103. The van der Waals surface area contributed by atoms with E-state index in [-0.39, 0.29) is 31.4 Å². The van der Waals surface area contributed by atoms with Gasteiger partial charge in [0.15, 0.2) is 5.78 Å². The van der Waals surface area contributed by atoms with Crippen LogP contribution in [0.25, 0.3) is 0 Å². The summed E-state index contributed by atoms with van der Waals surface area (Å²) in [5.74, 6) is -0.273. The maximum Gasteiger partial charge on any atom is 0.196 e. The Kier molecular flexibility index (Phi) is 4.66. The van der Waals surface area contributed by atoms with Crippen molar-refractivity contribution in [2.45, 2.75) is 13.8 Å². The minimum Gasteiger partial charge on any atom is -0.288 e. The number of benzene rings is 2. The summed E-state index contributed by atoms with van der Waals surface area (Å²) < 4.78 is 0. The minimum atomic E-state index is -0.273. The Balaban J connectivity index is 2.62. The third kappa shape index (κ3) is 2.96. The molecule has 0 heterocycles. The van der Waals surface area contributed by atoms with E-state index in [1.807, 2.05) is 19.9 Å². The molecule has 104 valence electrons. The number of aryl methyl sites for hydroxylation is 2. The summed E-state index contributed by atoms with van der Waals surface area (Å²) in [7, 11) is 0. The van der Waals surface area contributed by atoms with Crippen LogP contribution in [-0.2, 0) is 0 Å². The molecular weight excluding hydrogens is 338 g/mol. The minimum absolute atomic E-state index is 0.0772. The van der Waals surface area contributed by atoms with Crippen LogP contribution in [0.5, 0.6) is 0 Å². The Morgan fingerprint density at radius 2 is 1.35 bits per heavy atom. The molecule has 0 fully saturated rings. The van der Waals surface area contributed by atoms with Crippen LogP contribution in [0.3, 0.4) is 0 Å². The van der Waals surface area contributed by atoms with Gasteiger partial charge in [0.05, 0.1) is 25.7 Å². The first-order chi connectivity index (χ1) is 9.31. The fraction of sp³-hybridized carbons (Fsp3) is 0.133. The topological polar surface area (TPSA) is 17.1 Å². The molecule has 0 saturated heterocycles. The highest BCUT2D eigenvalue weighted by molar-refractivity contribution is 6.51. The number of hydrogen-bond donors (Lipinski definition) is 0. The quantitative estimate of drug-likeness (QED) is 0.362. The molecule has 2 aromatic rings. The molecule has 0 unspecified atom stereocenters. The van der Waals surface area contributed by atoms with Crippen LogP contribution in [0, 0.1) is 13.8 Å². The van der Waals surface area contributed by atoms with Crippen molar-refractivity contribution in [2.24, 2.45) is 0 Å². The van der Waals surface area contributed by atoms with Crippen LogP contribution in [0.15, 0.2) is 24.3 Å². The third-order valence-electron chi connectivity index (χ3n) is 2.83. The largest absolute Gasteiger partial charge is 0.288 e. The van der Waals surface area contributed by atoms with Gasteiger partial charge in [-0.25, -0.2) is 0 Å². The Hall–Kier alpha value is -0.730. The molecule has 0 aliphatic heterocycles. The van der Waals surface area contributed by atoms with E-state index in [0.717, 1.165) is 11.1 Å². The maximum absolute atomic E-state index is 12.6. The number of halogens is 4. The van der Waals surface area contributed by atoms with Crippen molar-refractivity contribution >= 4 is 52.2 Å². The number of rotatable bonds is 2. The van der Waals surface area contributed by atoms with Crippen LogP contribution < -0.4 is 0 Å². The molecule has 0 bridgehead atoms. The van der Waals surface area contributed by atoms with Crippen LogP contribution >= 0.6 is 46.4 Å². The maximum atomic E-state index is 12.6. The van der Waals surface area contributed by atoms with Gasteiger partial charge in [-0.05, 0) is 32.0 Å². The van der Waals surface area contributed by atoms with Crippen molar-refractivity contribution < 1.29 is 4.79 Å². The molecule has 0 spiro atoms. The average Bonchev–Trinajstić information content (AvgIpc) is 2.34. The molecule has 2 aromatic carbocycles. The molecule has 20 heavy (non-hydrogen) atoms. The smallest absolute Gasteiger partial charge is 0.196 e. The zero-order chi connectivity index (χ0) is 15.0. The number of hydrogen-bond acceptors (Lipinski definition) is 1. The molecular formula is C15H10Cl4O. The lowest BCUT2D eigenvalue weighted by Crippen LogP contribution is -2.05. The summed E-state index contributed by atoms with van der Waals surface area (Å²) in [6, 6.07) is 6.97. The fourth-order valence-electron chi connectivity index (χ4n) is 2.02. The van der Waals surface area contributed by atoms with Gasteiger partial charge in [0, 0.05) is 5.56 Å². The van der Waals surface area contributed by atoms with E-state index in [4.69, 9.17) is 46.4 Å². The van der Waals surface area contributed by atoms with Crippen molar-refractivity contribution in [2.75, 3.05) is 0 Å². The lowest BCUT2D eigenvalue weighted by atomic mass is 9.99. The van der Waals surface area contributed by atoms with Crippen molar-refractivity contribution in [3.8, 4) is 0 Å². The second-order valence-corrected chi connectivity index (χ2v) is 6.12. The van der Waals surface area contributed by atoms with Crippen LogP contribution in [0.4, 0.5) is 0 Å². The van der Waals surface area contributed by atoms with Gasteiger partial charge in [0.25, 0.3) is 0 Å². The van der Waals surface area contributed by atoms with E-state index >= 15 is 0 Å². The number of carbonyl (C=O) groups excluding carboxylic acids is 1. The highest BCUT2D eigenvalue weighted by Crippen LogP contribution is 2.38. The van der Waals surface area contributed by atoms with Crippen LogP contribution in [0.1, 0.15) is 27.0 Å². The van der Waals surface area contributed by atoms with E-state index in [0.29, 0.717) is 5.56 Å². The Bertz CT molecular complexity index is 687. The van der Waals surface area contributed by atoms with Crippen molar-refractivity contribution in [1.82, 2.24) is 0 Å². The first-order valence-electron chi connectivity index (χ1n) is 5.77. The zero-order valence-electron chi connectivity index (χ0n) is 10.7. The predicted octanol–water partition coefficient (Wildman–Crippen LogP) is 6.15. The Labute approximate surface area is 137 Å². The second kappa shape index (κ2) is 5.95. The summed E-state index contributed by atoms with van der Waals surface area (Å²) in [6.07, 6.45) is 0. The summed E-state index contributed by atoms with van der Waals surface area (Å²) in [5, 5.41) is 0.617. The zero-order valence-corrected chi connectivity index (χ0v) is 13.8. The summed E-state index contributed by atoms with van der Waals surface area (Å²) in [6.45, 7) is 3.84. The molecule has 0 aliphatic rings. The highest BCUT2D eigenvalue weighted by Gasteiger charge is 2.21. The van der Waals surface area contributed by atoms with Gasteiger partial charge in [0.1, 0.15) is 0 Å². The molecule has 5 heteroatoms. The van der Waals surface area contributed by atoms with Gasteiger partial charge in [0.2, 0.25) is 0 Å². The number of ketones is 1. The molecule has 0 aliphatic carbocycles. The van der Waals surface area contributed by atoms with Gasteiger partial charge in [-0.3, -0.25) is 4.79 Å². The molecule has 0 radical (unpaired) electrons. The molecule has 0 N–H and O–H groups in total. The second-order valence-electron chi connectivity index (χ2n) is 4.55. The Morgan fingerprint density at radius 1 is 0.800 bits per heavy atom. The standard InChI is InChI=1S/C15H10Cl4O/c1-7-3-8(2)5-9(4-7)15(20)12-10(16)6-11(17)13(18)14(12)19/h3-6H,1-2H3. The lowest BCUT2D eigenvalue weighted by Gasteiger charge is -2.10. The predicted molar refractivity (Wildman–Crippen MR) is 85.8 cm³/mol. The van der Waals surface area contributed by atoms with Crippen molar-refractivity contribution in [3.05, 3.63) is 66.6 Å². The molecule has 0 atom stereocenters. The third-order valence-corrected chi connectivity index (χ3v) is 4.39. The van der Waals surface area contributed by atoms with Gasteiger partial charge >= 0.3 is 0 Å².